The molecule has 1 saturated heterocycles. The second-order valence-corrected chi connectivity index (χ2v) is 10.8. The van der Waals surface area contributed by atoms with Crippen molar-refractivity contribution in [1.29, 1.82) is 0 Å². The molecule has 0 amide bonds. The Labute approximate surface area is 169 Å². The molecule has 0 atom stereocenters. The molecule has 0 unspecified atom stereocenters. The largest absolute Gasteiger partial charge is 0.352 e. The smallest absolute Gasteiger partial charge is 0.252 e. The van der Waals surface area contributed by atoms with Gasteiger partial charge in [-0.1, -0.05) is 6.42 Å². The third-order valence-electron chi connectivity index (χ3n) is 4.58. The molecule has 2 N–H and O–H groups in total. The van der Waals surface area contributed by atoms with E-state index >= 15 is 0 Å². The van der Waals surface area contributed by atoms with E-state index in [1.54, 1.807) is 28.8 Å². The van der Waals surface area contributed by atoms with Crippen LogP contribution in [-0.2, 0) is 23.1 Å². The van der Waals surface area contributed by atoms with E-state index in [-0.39, 0.29) is 0 Å². The van der Waals surface area contributed by atoms with Crippen molar-refractivity contribution in [3.63, 3.8) is 0 Å². The quantitative estimate of drug-likeness (QED) is 0.550. The van der Waals surface area contributed by atoms with Crippen molar-refractivity contribution in [3.05, 3.63) is 38.9 Å². The maximum atomic E-state index is 12.7. The summed E-state index contributed by atoms with van der Waals surface area (Å²) in [6, 6.07) is 5.70. The first-order chi connectivity index (χ1) is 13.0. The number of hydrogen-bond acceptors (Lipinski definition) is 5. The lowest BCUT2D eigenvalue weighted by Gasteiger charge is -2.25. The van der Waals surface area contributed by atoms with Gasteiger partial charge >= 0.3 is 0 Å². The van der Waals surface area contributed by atoms with Crippen LogP contribution in [0.1, 0.15) is 34.6 Å². The van der Waals surface area contributed by atoms with Crippen molar-refractivity contribution in [2.75, 3.05) is 20.1 Å². The van der Waals surface area contributed by atoms with Gasteiger partial charge in [-0.05, 0) is 48.9 Å². The van der Waals surface area contributed by atoms with Crippen LogP contribution in [0.4, 0.5) is 0 Å². The van der Waals surface area contributed by atoms with Crippen LogP contribution in [0.2, 0.25) is 0 Å². The Morgan fingerprint density at radius 3 is 2.56 bits per heavy atom. The normalized spacial score (nSPS) is 16.4. The summed E-state index contributed by atoms with van der Waals surface area (Å²) >= 11 is 3.05. The van der Waals surface area contributed by atoms with Crippen molar-refractivity contribution < 1.29 is 8.42 Å². The van der Waals surface area contributed by atoms with Gasteiger partial charge in [-0.3, -0.25) is 4.99 Å². The van der Waals surface area contributed by atoms with Gasteiger partial charge in [0, 0.05) is 29.9 Å². The molecule has 2 aromatic rings. The van der Waals surface area contributed by atoms with Crippen molar-refractivity contribution in [2.24, 2.45) is 4.99 Å². The monoisotopic (exact) mass is 426 g/mol. The number of thiophene rings is 2. The zero-order valence-corrected chi connectivity index (χ0v) is 18.1. The van der Waals surface area contributed by atoms with Gasteiger partial charge in [-0.2, -0.15) is 4.31 Å². The molecule has 2 aromatic heterocycles. The highest BCUT2D eigenvalue weighted by Gasteiger charge is 2.27. The highest BCUT2D eigenvalue weighted by molar-refractivity contribution is 7.91. The van der Waals surface area contributed by atoms with Gasteiger partial charge in [0.2, 0.25) is 0 Å². The van der Waals surface area contributed by atoms with Gasteiger partial charge in [0.1, 0.15) is 4.21 Å². The SMILES string of the molecule is CN=C(NCc1ccc(S(=O)(=O)N2CCCCC2)s1)NCc1sccc1C. The summed E-state index contributed by atoms with van der Waals surface area (Å²) in [5, 5.41) is 8.64. The maximum Gasteiger partial charge on any atom is 0.252 e. The lowest BCUT2D eigenvalue weighted by molar-refractivity contribution is 0.347. The number of aliphatic imine (C=N–C) groups is 1. The fraction of sp³-hybridized carbons (Fsp3) is 0.500. The Hall–Kier alpha value is -1.42. The predicted molar refractivity (Wildman–Crippen MR) is 113 cm³/mol. The van der Waals surface area contributed by atoms with E-state index in [1.807, 2.05) is 6.07 Å². The second-order valence-electron chi connectivity index (χ2n) is 6.49. The van der Waals surface area contributed by atoms with E-state index in [1.165, 1.54) is 21.8 Å². The molecule has 0 saturated carbocycles. The number of sulfonamides is 1. The van der Waals surface area contributed by atoms with Crippen molar-refractivity contribution in [2.45, 2.75) is 43.5 Å². The van der Waals surface area contributed by atoms with Gasteiger partial charge < -0.3 is 10.6 Å². The zero-order chi connectivity index (χ0) is 19.3. The highest BCUT2D eigenvalue weighted by Crippen LogP contribution is 2.27. The molecular weight excluding hydrogens is 400 g/mol. The van der Waals surface area contributed by atoms with Gasteiger partial charge in [0.25, 0.3) is 10.0 Å². The van der Waals surface area contributed by atoms with Gasteiger partial charge in [0.05, 0.1) is 13.1 Å². The molecule has 3 heterocycles. The van der Waals surface area contributed by atoms with Crippen LogP contribution in [-0.4, -0.2) is 38.8 Å². The van der Waals surface area contributed by atoms with Gasteiger partial charge in [-0.25, -0.2) is 8.42 Å². The van der Waals surface area contributed by atoms with E-state index in [2.05, 4.69) is 34.0 Å². The topological polar surface area (TPSA) is 73.8 Å². The lowest BCUT2D eigenvalue weighted by Crippen LogP contribution is -2.36. The minimum absolute atomic E-state index is 0.429. The first-order valence-corrected chi connectivity index (χ1v) is 12.2. The predicted octanol–water partition coefficient (Wildman–Crippen LogP) is 3.16. The molecule has 0 radical (unpaired) electrons. The lowest BCUT2D eigenvalue weighted by atomic mass is 10.2. The van der Waals surface area contributed by atoms with E-state index in [9.17, 15) is 8.42 Å². The second kappa shape index (κ2) is 9.18. The first-order valence-electron chi connectivity index (χ1n) is 9.07. The Bertz CT molecular complexity index is 880. The van der Waals surface area contributed by atoms with Crippen LogP contribution in [0.25, 0.3) is 0 Å². The van der Waals surface area contributed by atoms with Crippen LogP contribution in [0.15, 0.2) is 32.8 Å². The number of guanidine groups is 1. The summed E-state index contributed by atoms with van der Waals surface area (Å²) in [4.78, 5) is 6.49. The van der Waals surface area contributed by atoms with E-state index < -0.39 is 10.0 Å². The summed E-state index contributed by atoms with van der Waals surface area (Å²) in [6.07, 6.45) is 3.01. The molecule has 0 spiro atoms. The third-order valence-corrected chi connectivity index (χ3v) is 9.06. The van der Waals surface area contributed by atoms with Crippen molar-refractivity contribution in [3.8, 4) is 0 Å². The summed E-state index contributed by atoms with van der Waals surface area (Å²) in [6.45, 7) is 4.63. The summed E-state index contributed by atoms with van der Waals surface area (Å²) < 4.78 is 27.5. The van der Waals surface area contributed by atoms with E-state index in [0.717, 1.165) is 30.7 Å². The van der Waals surface area contributed by atoms with Crippen LogP contribution in [0, 0.1) is 6.92 Å². The fourth-order valence-electron chi connectivity index (χ4n) is 2.97. The van der Waals surface area contributed by atoms with Crippen LogP contribution < -0.4 is 10.6 Å². The number of aryl methyl sites for hydroxylation is 1. The van der Waals surface area contributed by atoms with Crippen LogP contribution >= 0.6 is 22.7 Å². The maximum absolute atomic E-state index is 12.7. The molecular formula is C18H26N4O2S3. The average Bonchev–Trinajstić information content (AvgIpc) is 3.32. The first kappa shape index (κ1) is 20.3. The Kier molecular flexibility index (Phi) is 6.91. The van der Waals surface area contributed by atoms with Gasteiger partial charge in [-0.15, -0.1) is 22.7 Å². The zero-order valence-electron chi connectivity index (χ0n) is 15.7. The molecule has 27 heavy (non-hydrogen) atoms. The molecule has 148 valence electrons. The molecule has 1 aliphatic rings. The van der Waals surface area contributed by atoms with E-state index in [0.29, 0.717) is 29.8 Å². The minimum atomic E-state index is -3.35. The van der Waals surface area contributed by atoms with Crippen molar-refractivity contribution >= 4 is 38.7 Å². The molecule has 0 bridgehead atoms. The standard InChI is InChI=1S/C18H26N4O2S3/c1-14-8-11-25-16(14)13-21-18(19-2)20-12-15-6-7-17(26-15)27(23,24)22-9-4-3-5-10-22/h6-8,11H,3-5,9-10,12-13H2,1-2H3,(H2,19,20,21). The molecule has 6 nitrogen and oxygen atoms in total. The summed E-state index contributed by atoms with van der Waals surface area (Å²) in [7, 11) is -1.62. The highest BCUT2D eigenvalue weighted by atomic mass is 32.2. The molecule has 1 fully saturated rings. The number of piperidine rings is 1. The number of rotatable bonds is 6. The van der Waals surface area contributed by atoms with Gasteiger partial charge in [0.15, 0.2) is 5.96 Å². The number of nitrogens with one attached hydrogen (secondary N) is 2. The fourth-order valence-corrected chi connectivity index (χ4v) is 6.78. The Morgan fingerprint density at radius 2 is 1.89 bits per heavy atom. The molecule has 1 aliphatic heterocycles. The molecule has 0 aromatic carbocycles. The minimum Gasteiger partial charge on any atom is -0.352 e. The molecule has 0 aliphatic carbocycles. The van der Waals surface area contributed by atoms with Crippen molar-refractivity contribution in [1.82, 2.24) is 14.9 Å². The third kappa shape index (κ3) is 5.10. The number of hydrogen-bond donors (Lipinski definition) is 2. The molecule has 3 rings (SSSR count). The Balaban J connectivity index is 1.56. The van der Waals surface area contributed by atoms with E-state index in [4.69, 9.17) is 0 Å². The average molecular weight is 427 g/mol. The molecule has 9 heteroatoms. The summed E-state index contributed by atoms with van der Waals surface area (Å²) in [5.74, 6) is 0.705. The van der Waals surface area contributed by atoms with Crippen LogP contribution in [0.3, 0.4) is 0 Å². The number of nitrogens with zero attached hydrogens (tertiary/aromatic N) is 2. The summed E-state index contributed by atoms with van der Waals surface area (Å²) in [5.41, 5.74) is 1.27. The van der Waals surface area contributed by atoms with Crippen LogP contribution in [0.5, 0.6) is 0 Å². The Morgan fingerprint density at radius 1 is 1.15 bits per heavy atom.